The lowest BCUT2D eigenvalue weighted by Gasteiger charge is -2.34. The number of aliphatic hydroxyl groups excluding tert-OH is 2. The molecule has 1 aromatic rings. The number of fused-ring (bicyclic) bond motifs is 1. The smallest absolute Gasteiger partial charge is 0.309 e. The number of cyclic esters (lactones) is 1. The number of sulfone groups is 1. The largest absolute Gasteiger partial charge is 0.458 e. The Labute approximate surface area is 248 Å². The summed E-state index contributed by atoms with van der Waals surface area (Å²) < 4.78 is 29.8. The summed E-state index contributed by atoms with van der Waals surface area (Å²) in [6.45, 7) is 12.0. The zero-order valence-corrected chi connectivity index (χ0v) is 26.9. The third kappa shape index (κ3) is 7.64. The summed E-state index contributed by atoms with van der Waals surface area (Å²) in [4.78, 5) is 33.1. The molecule has 0 saturated carbocycles. The van der Waals surface area contributed by atoms with Crippen molar-refractivity contribution >= 4 is 39.0 Å². The lowest BCUT2D eigenvalue weighted by atomic mass is 9.73. The molecule has 3 heterocycles. The third-order valence-electron chi connectivity index (χ3n) is 9.14. The Bertz CT molecular complexity index is 1240. The number of ketones is 1. The molecule has 232 valence electrons. The molecular weight excluding hydrogens is 566 g/mol. The molecule has 2 saturated heterocycles. The molecule has 0 aliphatic carbocycles. The number of hydrogen-bond donors (Lipinski definition) is 3. The number of carbonyl (C=O) groups is 2. The predicted octanol–water partition coefficient (Wildman–Crippen LogP) is 2.82. The van der Waals surface area contributed by atoms with Crippen LogP contribution in [0.15, 0.2) is 15.3 Å². The highest BCUT2D eigenvalue weighted by atomic mass is 32.2. The second-order valence-corrected chi connectivity index (χ2v) is 15.8. The van der Waals surface area contributed by atoms with E-state index in [1.807, 2.05) is 13.8 Å². The maximum absolute atomic E-state index is 13.4. The van der Waals surface area contributed by atoms with Gasteiger partial charge in [-0.1, -0.05) is 34.1 Å². The fourth-order valence-corrected chi connectivity index (χ4v) is 7.77. The number of aromatic nitrogens is 1. The van der Waals surface area contributed by atoms with Gasteiger partial charge in [0.25, 0.3) is 0 Å². The zero-order chi connectivity index (χ0) is 30.9. The van der Waals surface area contributed by atoms with Crippen molar-refractivity contribution < 1.29 is 33.0 Å². The summed E-state index contributed by atoms with van der Waals surface area (Å²) in [5, 5.41) is 23.6. The fraction of sp³-hybridized carbons (Fsp3) is 0.759. The van der Waals surface area contributed by atoms with Crippen LogP contribution in [0.5, 0.6) is 0 Å². The van der Waals surface area contributed by atoms with E-state index in [9.17, 15) is 28.2 Å². The Kier molecular flexibility index (Phi) is 10.6. The number of ether oxygens (including phenoxy) is 1. The second kappa shape index (κ2) is 12.9. The van der Waals surface area contributed by atoms with Gasteiger partial charge in [-0.3, -0.25) is 14.5 Å². The van der Waals surface area contributed by atoms with Crippen LogP contribution >= 0.6 is 11.3 Å². The lowest BCUT2D eigenvalue weighted by molar-refractivity contribution is -0.154. The molecule has 1 aromatic heterocycles. The van der Waals surface area contributed by atoms with Crippen LogP contribution in [0.1, 0.15) is 79.3 Å². The van der Waals surface area contributed by atoms with Crippen molar-refractivity contribution in [2.24, 2.45) is 23.0 Å². The summed E-state index contributed by atoms with van der Waals surface area (Å²) >= 11 is 1.03. The van der Waals surface area contributed by atoms with Gasteiger partial charge in [0.05, 0.1) is 29.7 Å². The van der Waals surface area contributed by atoms with Gasteiger partial charge in [0, 0.05) is 48.6 Å². The van der Waals surface area contributed by atoms with Gasteiger partial charge in [-0.2, -0.15) is 0 Å². The van der Waals surface area contributed by atoms with E-state index in [0.717, 1.165) is 36.9 Å². The van der Waals surface area contributed by atoms with Gasteiger partial charge in [-0.15, -0.1) is 11.3 Å². The highest BCUT2D eigenvalue weighted by molar-refractivity contribution is 7.92. The topological polar surface area (TPSA) is 160 Å². The number of rotatable bonds is 5. The number of thiazole rings is 1. The summed E-state index contributed by atoms with van der Waals surface area (Å²) in [7, 11) is -3.44. The molecule has 0 spiro atoms. The Hall–Kier alpha value is -1.70. The Balaban J connectivity index is 1.96. The SMILES string of the molecule is C/C(=C\c1csc(S(C)(=O)=O)n1)[C@@H]1C[C@@H]2N(CCN)[C@]2(C)CCC[C@H](C)[C@H](O)[C@@H](C)C(=O)C(C)(C)[C@@H](O)CC(=O)O1. The van der Waals surface area contributed by atoms with Crippen LogP contribution in [0, 0.1) is 17.3 Å². The number of carbonyl (C=O) groups excluding carboxylic acids is 2. The lowest BCUT2D eigenvalue weighted by Crippen LogP contribution is -2.45. The van der Waals surface area contributed by atoms with Crippen LogP contribution in [0.2, 0.25) is 0 Å². The molecule has 4 N–H and O–H groups in total. The number of Topliss-reactive ketones (excluding diaryl/α,β-unsaturated/α-hetero) is 1. The Morgan fingerprint density at radius 2 is 1.93 bits per heavy atom. The molecule has 0 aromatic carbocycles. The van der Waals surface area contributed by atoms with Gasteiger partial charge < -0.3 is 20.7 Å². The number of hydrogen-bond acceptors (Lipinski definition) is 11. The van der Waals surface area contributed by atoms with Crippen molar-refractivity contribution in [2.75, 3.05) is 19.3 Å². The molecule has 41 heavy (non-hydrogen) atoms. The monoisotopic (exact) mass is 613 g/mol. The van der Waals surface area contributed by atoms with Crippen LogP contribution in [0.4, 0.5) is 0 Å². The molecule has 3 rings (SSSR count). The van der Waals surface area contributed by atoms with Crippen molar-refractivity contribution in [3.8, 4) is 0 Å². The normalized spacial score (nSPS) is 36.0. The van der Waals surface area contributed by atoms with Gasteiger partial charge >= 0.3 is 5.97 Å². The molecule has 0 radical (unpaired) electrons. The molecule has 1 unspecified atom stereocenters. The summed E-state index contributed by atoms with van der Waals surface area (Å²) in [6, 6.07) is 0.0872. The van der Waals surface area contributed by atoms with Gasteiger partial charge in [-0.25, -0.2) is 13.4 Å². The average Bonchev–Trinajstić information content (AvgIpc) is 3.18. The van der Waals surface area contributed by atoms with Gasteiger partial charge in [0.1, 0.15) is 11.9 Å². The van der Waals surface area contributed by atoms with Crippen molar-refractivity contribution in [1.29, 1.82) is 0 Å². The van der Waals surface area contributed by atoms with Crippen molar-refractivity contribution in [3.63, 3.8) is 0 Å². The zero-order valence-electron chi connectivity index (χ0n) is 25.3. The maximum atomic E-state index is 13.4. The summed E-state index contributed by atoms with van der Waals surface area (Å²) in [5.74, 6) is -1.76. The van der Waals surface area contributed by atoms with E-state index in [2.05, 4.69) is 16.8 Å². The quantitative estimate of drug-likeness (QED) is 0.333. The van der Waals surface area contributed by atoms with E-state index in [0.29, 0.717) is 30.8 Å². The average molecular weight is 614 g/mol. The third-order valence-corrected chi connectivity index (χ3v) is 11.7. The first-order valence-corrected chi connectivity index (χ1v) is 17.1. The van der Waals surface area contributed by atoms with Crippen molar-refractivity contribution in [2.45, 2.75) is 108 Å². The minimum absolute atomic E-state index is 0.0130. The van der Waals surface area contributed by atoms with Gasteiger partial charge in [-0.05, 0) is 44.3 Å². The Morgan fingerprint density at radius 1 is 1.27 bits per heavy atom. The van der Waals surface area contributed by atoms with E-state index in [4.69, 9.17) is 10.5 Å². The number of nitrogens with zero attached hydrogens (tertiary/aromatic N) is 2. The first-order chi connectivity index (χ1) is 18.9. The standard InChI is InChI=1S/C29H47N3O7S2/c1-17-9-8-10-29(6)22(32(29)12-11-30)14-21(18(2)13-20-16-40-27(31-20)41(7,37)38)39-24(34)15-23(33)28(4,5)26(36)19(3)25(17)35/h13,16-17,19,21-23,25,33,35H,8-12,14-15,30H2,1-7H3/b18-13+/t17-,19+,21-,22-,23-,25-,29+,32?/m0/s1. The molecule has 2 aliphatic rings. The fourth-order valence-electron chi connectivity index (χ4n) is 6.15. The molecule has 8 atom stereocenters. The van der Waals surface area contributed by atoms with Crippen LogP contribution in [-0.2, 0) is 24.2 Å². The molecule has 0 amide bonds. The summed E-state index contributed by atoms with van der Waals surface area (Å²) in [6.07, 6.45) is 2.55. The van der Waals surface area contributed by atoms with Crippen LogP contribution in [-0.4, -0.2) is 89.5 Å². The first kappa shape index (κ1) is 33.8. The number of nitrogens with two attached hydrogens (primary N) is 1. The van der Waals surface area contributed by atoms with E-state index >= 15 is 0 Å². The van der Waals surface area contributed by atoms with Crippen molar-refractivity contribution in [3.05, 3.63) is 16.6 Å². The summed E-state index contributed by atoms with van der Waals surface area (Å²) in [5.41, 5.74) is 5.64. The molecule has 2 aliphatic heterocycles. The van der Waals surface area contributed by atoms with E-state index < -0.39 is 45.5 Å². The minimum Gasteiger partial charge on any atom is -0.458 e. The number of aliphatic hydroxyl groups is 2. The molecule has 0 bridgehead atoms. The molecule has 10 nitrogen and oxygen atoms in total. The van der Waals surface area contributed by atoms with E-state index in [-0.39, 0.29) is 34.0 Å². The molecule has 2 fully saturated rings. The van der Waals surface area contributed by atoms with E-state index in [1.165, 1.54) is 0 Å². The van der Waals surface area contributed by atoms with Crippen molar-refractivity contribution in [1.82, 2.24) is 9.88 Å². The van der Waals surface area contributed by atoms with Crippen LogP contribution < -0.4 is 5.73 Å². The van der Waals surface area contributed by atoms with Crippen LogP contribution in [0.3, 0.4) is 0 Å². The predicted molar refractivity (Wildman–Crippen MR) is 159 cm³/mol. The highest BCUT2D eigenvalue weighted by Gasteiger charge is 2.58. The second-order valence-electron chi connectivity index (χ2n) is 12.7. The molecule has 12 heteroatoms. The van der Waals surface area contributed by atoms with E-state index in [1.54, 1.807) is 32.2 Å². The maximum Gasteiger partial charge on any atom is 0.309 e. The van der Waals surface area contributed by atoms with Gasteiger partial charge in [0.15, 0.2) is 0 Å². The minimum atomic E-state index is -3.44. The molecular formula is C29H47N3O7S2. The Morgan fingerprint density at radius 3 is 2.51 bits per heavy atom. The number of esters is 1. The van der Waals surface area contributed by atoms with Crippen LogP contribution in [0.25, 0.3) is 6.08 Å². The van der Waals surface area contributed by atoms with Gasteiger partial charge in [0.2, 0.25) is 14.2 Å². The first-order valence-electron chi connectivity index (χ1n) is 14.3. The highest BCUT2D eigenvalue weighted by Crippen LogP contribution is 2.48.